The van der Waals surface area contributed by atoms with E-state index in [0.29, 0.717) is 0 Å². The lowest BCUT2D eigenvalue weighted by Crippen LogP contribution is -2.12. The van der Waals surface area contributed by atoms with Gasteiger partial charge < -0.3 is 5.73 Å². The van der Waals surface area contributed by atoms with Gasteiger partial charge >= 0.3 is 6.18 Å². The van der Waals surface area contributed by atoms with Crippen LogP contribution >= 0.6 is 43.5 Å². The van der Waals surface area contributed by atoms with Crippen LogP contribution in [-0.2, 0) is 6.18 Å². The Morgan fingerprint density at radius 3 is 2.12 bits per heavy atom. The van der Waals surface area contributed by atoms with Gasteiger partial charge in [-0.05, 0) is 44.0 Å². The van der Waals surface area contributed by atoms with E-state index in [4.69, 9.17) is 17.3 Å². The van der Waals surface area contributed by atoms with Crippen LogP contribution in [-0.4, -0.2) is 11.7 Å². The Morgan fingerprint density at radius 2 is 1.76 bits per heavy atom. The van der Waals surface area contributed by atoms with Crippen LogP contribution in [0, 0.1) is 0 Å². The van der Waals surface area contributed by atoms with E-state index >= 15 is 0 Å². The second-order valence-corrected chi connectivity index (χ2v) is 5.00. The minimum atomic E-state index is -4.41. The van der Waals surface area contributed by atoms with Gasteiger partial charge in [-0.3, -0.25) is 0 Å². The van der Waals surface area contributed by atoms with Crippen LogP contribution < -0.4 is 5.73 Å². The molecule has 94 valence electrons. The number of nitrogens with two attached hydrogens (primary N) is 1. The average Bonchev–Trinajstić information content (AvgIpc) is 2.21. The molecule has 0 amide bonds. The second-order valence-electron chi connectivity index (χ2n) is 3.02. The molecule has 0 radical (unpaired) electrons. The lowest BCUT2D eigenvalue weighted by molar-refractivity contribution is -0.137. The van der Waals surface area contributed by atoms with Crippen LogP contribution in [0.25, 0.3) is 0 Å². The predicted octanol–water partition coefficient (Wildman–Crippen LogP) is 4.46. The molecular formula is C9H6Br2ClF3N2. The van der Waals surface area contributed by atoms with E-state index in [1.807, 2.05) is 0 Å². The first kappa shape index (κ1) is 14.8. The first-order chi connectivity index (χ1) is 7.75. The van der Waals surface area contributed by atoms with Crippen molar-refractivity contribution in [1.29, 1.82) is 0 Å². The summed E-state index contributed by atoms with van der Waals surface area (Å²) in [6, 6.07) is 1.87. The summed E-state index contributed by atoms with van der Waals surface area (Å²) in [5.41, 5.74) is 4.92. The summed E-state index contributed by atoms with van der Waals surface area (Å²) >= 11 is 11.5. The fourth-order valence-corrected chi connectivity index (χ4v) is 2.43. The highest BCUT2D eigenvalue weighted by Gasteiger charge is 2.31. The molecule has 0 heterocycles. The molecule has 0 aliphatic rings. The lowest BCUT2D eigenvalue weighted by Gasteiger charge is -2.10. The largest absolute Gasteiger partial charge is 0.416 e. The van der Waals surface area contributed by atoms with Gasteiger partial charge in [-0.25, -0.2) is 4.99 Å². The number of halogens is 6. The maximum absolute atomic E-state index is 12.5. The van der Waals surface area contributed by atoms with Crippen molar-refractivity contribution in [3.8, 4) is 0 Å². The van der Waals surface area contributed by atoms with Gasteiger partial charge in [0.05, 0.1) is 17.1 Å². The molecule has 0 spiro atoms. The van der Waals surface area contributed by atoms with Gasteiger partial charge in [0.1, 0.15) is 5.84 Å². The van der Waals surface area contributed by atoms with Crippen molar-refractivity contribution >= 4 is 55.0 Å². The zero-order valence-electron chi connectivity index (χ0n) is 8.15. The first-order valence-corrected chi connectivity index (χ1v) is 6.33. The van der Waals surface area contributed by atoms with Gasteiger partial charge in [-0.2, -0.15) is 13.2 Å². The van der Waals surface area contributed by atoms with Crippen molar-refractivity contribution in [3.05, 3.63) is 26.6 Å². The molecule has 0 atom stereocenters. The van der Waals surface area contributed by atoms with Crippen molar-refractivity contribution in [2.45, 2.75) is 6.18 Å². The number of aliphatic imine (C=N–C) groups is 1. The maximum Gasteiger partial charge on any atom is 0.416 e. The van der Waals surface area contributed by atoms with E-state index in [-0.39, 0.29) is 26.3 Å². The predicted molar refractivity (Wildman–Crippen MR) is 68.8 cm³/mol. The summed E-state index contributed by atoms with van der Waals surface area (Å²) in [6.07, 6.45) is -4.41. The molecule has 1 rings (SSSR count). The molecule has 0 unspecified atom stereocenters. The molecule has 0 bridgehead atoms. The molecule has 0 aromatic heterocycles. The van der Waals surface area contributed by atoms with Crippen molar-refractivity contribution in [1.82, 2.24) is 0 Å². The van der Waals surface area contributed by atoms with Crippen LogP contribution in [0.5, 0.6) is 0 Å². The summed E-state index contributed by atoms with van der Waals surface area (Å²) < 4.78 is 37.8. The van der Waals surface area contributed by atoms with Crippen LogP contribution in [0.3, 0.4) is 0 Å². The third-order valence-electron chi connectivity index (χ3n) is 1.74. The standard InChI is InChI=1S/C9H6Br2ClF3N2/c10-5-1-4(9(13,14)15)2-6(11)8(5)17-7(16)3-12/h1-2H,3H2,(H2,16,17). The third kappa shape index (κ3) is 3.86. The summed E-state index contributed by atoms with van der Waals surface area (Å²) in [4.78, 5) is 3.90. The van der Waals surface area contributed by atoms with Crippen molar-refractivity contribution in [2.24, 2.45) is 10.7 Å². The Labute approximate surface area is 117 Å². The highest BCUT2D eigenvalue weighted by Crippen LogP contribution is 2.40. The van der Waals surface area contributed by atoms with E-state index in [2.05, 4.69) is 36.9 Å². The fourth-order valence-electron chi connectivity index (χ4n) is 1.01. The molecule has 2 nitrogen and oxygen atoms in total. The smallest absolute Gasteiger partial charge is 0.386 e. The summed E-state index contributed by atoms with van der Waals surface area (Å²) in [5.74, 6) is 0.118. The van der Waals surface area contributed by atoms with Crippen LogP contribution in [0.1, 0.15) is 5.56 Å². The van der Waals surface area contributed by atoms with E-state index in [1.165, 1.54) is 0 Å². The molecule has 0 saturated heterocycles. The SMILES string of the molecule is NC(CCl)=Nc1c(Br)cc(C(F)(F)F)cc1Br. The highest BCUT2D eigenvalue weighted by atomic mass is 79.9. The number of rotatable bonds is 2. The van der Waals surface area contributed by atoms with Crippen LogP contribution in [0.15, 0.2) is 26.1 Å². The molecule has 0 aliphatic carbocycles. The molecule has 1 aromatic carbocycles. The van der Waals surface area contributed by atoms with Gasteiger partial charge in [-0.15, -0.1) is 11.6 Å². The summed E-state index contributed by atoms with van der Waals surface area (Å²) in [7, 11) is 0. The number of hydrogen-bond acceptors (Lipinski definition) is 1. The van der Waals surface area contributed by atoms with E-state index in [1.54, 1.807) is 0 Å². The molecule has 0 fully saturated rings. The monoisotopic (exact) mass is 392 g/mol. The van der Waals surface area contributed by atoms with Gasteiger partial charge in [0.15, 0.2) is 0 Å². The van der Waals surface area contributed by atoms with E-state index in [9.17, 15) is 13.2 Å². The maximum atomic E-state index is 12.5. The molecule has 0 aliphatic heterocycles. The lowest BCUT2D eigenvalue weighted by atomic mass is 10.2. The minimum Gasteiger partial charge on any atom is -0.386 e. The molecule has 1 aromatic rings. The third-order valence-corrected chi connectivity index (χ3v) is 3.22. The number of amidine groups is 1. The van der Waals surface area contributed by atoms with Crippen LogP contribution in [0.4, 0.5) is 18.9 Å². The van der Waals surface area contributed by atoms with Gasteiger partial charge in [0.25, 0.3) is 0 Å². The molecule has 17 heavy (non-hydrogen) atoms. The number of hydrogen-bond donors (Lipinski definition) is 1. The Balaban J connectivity index is 3.30. The van der Waals surface area contributed by atoms with Gasteiger partial charge in [-0.1, -0.05) is 0 Å². The van der Waals surface area contributed by atoms with Gasteiger partial charge in [0.2, 0.25) is 0 Å². The van der Waals surface area contributed by atoms with Crippen molar-refractivity contribution in [3.63, 3.8) is 0 Å². The Morgan fingerprint density at radius 1 is 1.29 bits per heavy atom. The Bertz CT molecular complexity index is 437. The second kappa shape index (κ2) is 5.58. The van der Waals surface area contributed by atoms with Gasteiger partial charge in [0, 0.05) is 8.95 Å². The Hall–Kier alpha value is -0.270. The number of benzene rings is 1. The quantitative estimate of drug-likeness (QED) is 0.449. The van der Waals surface area contributed by atoms with Crippen molar-refractivity contribution in [2.75, 3.05) is 5.88 Å². The van der Waals surface area contributed by atoms with E-state index < -0.39 is 11.7 Å². The fraction of sp³-hybridized carbons (Fsp3) is 0.222. The van der Waals surface area contributed by atoms with E-state index in [0.717, 1.165) is 12.1 Å². The average molecular weight is 394 g/mol. The normalized spacial score (nSPS) is 12.9. The Kier molecular flexibility index (Phi) is 4.86. The zero-order valence-corrected chi connectivity index (χ0v) is 12.1. The van der Waals surface area contributed by atoms with Crippen molar-refractivity contribution < 1.29 is 13.2 Å². The summed E-state index contributed by atoms with van der Waals surface area (Å²) in [6.45, 7) is 0. The highest BCUT2D eigenvalue weighted by molar-refractivity contribution is 9.11. The first-order valence-electron chi connectivity index (χ1n) is 4.21. The minimum absolute atomic E-state index is 0.0000970. The zero-order chi connectivity index (χ0) is 13.2. The number of nitrogens with zero attached hydrogens (tertiary/aromatic N) is 1. The molecular weight excluding hydrogens is 388 g/mol. The van der Waals surface area contributed by atoms with Crippen LogP contribution in [0.2, 0.25) is 0 Å². The topological polar surface area (TPSA) is 38.4 Å². The number of alkyl halides is 4. The summed E-state index contributed by atoms with van der Waals surface area (Å²) in [5, 5.41) is 0. The molecule has 0 saturated carbocycles. The molecule has 2 N–H and O–H groups in total. The molecule has 8 heteroatoms.